The summed E-state index contributed by atoms with van der Waals surface area (Å²) in [5, 5.41) is 2.46. The maximum Gasteiger partial charge on any atom is 0.264 e. The third kappa shape index (κ3) is 2.56. The highest BCUT2D eigenvalue weighted by atomic mass is 35.5. The zero-order valence-corrected chi connectivity index (χ0v) is 10.9. The summed E-state index contributed by atoms with van der Waals surface area (Å²) in [7, 11) is 0. The first-order chi connectivity index (χ1) is 7.70. The lowest BCUT2D eigenvalue weighted by molar-refractivity contribution is 0.0648. The molecule has 0 spiro atoms. The van der Waals surface area contributed by atoms with Crippen LogP contribution in [0.3, 0.4) is 0 Å². The van der Waals surface area contributed by atoms with Gasteiger partial charge in [-0.05, 0) is 12.6 Å². The molecule has 88 valence electrons. The number of likely N-dealkylation sites (N-methyl/N-ethyl adjacent to an activating group) is 1. The Morgan fingerprint density at radius 3 is 2.62 bits per heavy atom. The predicted octanol–water partition coefficient (Wildman–Crippen LogP) is 2.18. The molecule has 0 bridgehead atoms. The summed E-state index contributed by atoms with van der Waals surface area (Å²) in [6, 6.07) is 1.75. The Hall–Kier alpha value is -0.580. The Labute approximate surface area is 105 Å². The van der Waals surface area contributed by atoms with Gasteiger partial charge in [0.2, 0.25) is 0 Å². The van der Waals surface area contributed by atoms with E-state index in [1.54, 1.807) is 11.4 Å². The minimum Gasteiger partial charge on any atom is -0.335 e. The lowest BCUT2D eigenvalue weighted by Crippen LogP contribution is -2.48. The topological polar surface area (TPSA) is 23.6 Å². The van der Waals surface area contributed by atoms with E-state index in [1.165, 1.54) is 11.3 Å². The average Bonchev–Trinajstić information content (AvgIpc) is 2.75. The lowest BCUT2D eigenvalue weighted by atomic mass is 10.3. The first-order valence-corrected chi connectivity index (χ1v) is 6.72. The van der Waals surface area contributed by atoms with Crippen LogP contribution < -0.4 is 0 Å². The monoisotopic (exact) mass is 258 g/mol. The molecule has 3 nitrogen and oxygen atoms in total. The molecule has 5 heteroatoms. The van der Waals surface area contributed by atoms with Crippen molar-refractivity contribution < 1.29 is 4.79 Å². The van der Waals surface area contributed by atoms with E-state index in [2.05, 4.69) is 11.8 Å². The van der Waals surface area contributed by atoms with E-state index in [0.29, 0.717) is 5.02 Å². The predicted molar refractivity (Wildman–Crippen MR) is 67.3 cm³/mol. The van der Waals surface area contributed by atoms with Crippen LogP contribution in [0.1, 0.15) is 16.6 Å². The van der Waals surface area contributed by atoms with Crippen molar-refractivity contribution in [2.75, 3.05) is 32.7 Å². The molecule has 1 aromatic rings. The molecule has 1 amide bonds. The number of rotatable bonds is 2. The number of hydrogen-bond acceptors (Lipinski definition) is 3. The smallest absolute Gasteiger partial charge is 0.264 e. The summed E-state index contributed by atoms with van der Waals surface area (Å²) in [4.78, 5) is 17.1. The number of nitrogens with zero attached hydrogens (tertiary/aromatic N) is 2. The van der Waals surface area contributed by atoms with Crippen molar-refractivity contribution in [3.05, 3.63) is 21.3 Å². The van der Waals surface area contributed by atoms with Gasteiger partial charge >= 0.3 is 0 Å². The van der Waals surface area contributed by atoms with E-state index in [9.17, 15) is 4.79 Å². The van der Waals surface area contributed by atoms with Crippen LogP contribution in [0.2, 0.25) is 5.02 Å². The summed E-state index contributed by atoms with van der Waals surface area (Å²) in [5.74, 6) is 0.118. The van der Waals surface area contributed by atoms with Gasteiger partial charge in [-0.25, -0.2) is 0 Å². The molecule has 0 atom stereocenters. The molecule has 0 saturated carbocycles. The average molecular weight is 259 g/mol. The summed E-state index contributed by atoms with van der Waals surface area (Å²) in [6.45, 7) is 6.80. The zero-order valence-electron chi connectivity index (χ0n) is 9.28. The van der Waals surface area contributed by atoms with E-state index in [1.807, 2.05) is 4.90 Å². The quantitative estimate of drug-likeness (QED) is 0.812. The fourth-order valence-corrected chi connectivity index (χ4v) is 2.89. The van der Waals surface area contributed by atoms with E-state index >= 15 is 0 Å². The van der Waals surface area contributed by atoms with Gasteiger partial charge in [0.15, 0.2) is 0 Å². The number of carbonyl (C=O) groups excluding carboxylic acids is 1. The van der Waals surface area contributed by atoms with Crippen LogP contribution in [-0.2, 0) is 0 Å². The molecular formula is C11H15ClN2OS. The van der Waals surface area contributed by atoms with Crippen LogP contribution in [0.25, 0.3) is 0 Å². The van der Waals surface area contributed by atoms with Gasteiger partial charge in [-0.15, -0.1) is 11.3 Å². The standard InChI is InChI=1S/C11H15ClN2OS/c1-2-13-3-5-14(6-4-13)11(15)10-7-9(12)8-16-10/h7-8H,2-6H2,1H3. The minimum absolute atomic E-state index is 0.118. The maximum atomic E-state index is 12.1. The Bertz CT molecular complexity index is 372. The fraction of sp³-hybridized carbons (Fsp3) is 0.545. The number of hydrogen-bond donors (Lipinski definition) is 0. The normalized spacial score (nSPS) is 17.8. The summed E-state index contributed by atoms with van der Waals surface area (Å²) < 4.78 is 0. The molecule has 1 saturated heterocycles. The van der Waals surface area contributed by atoms with Crippen molar-refractivity contribution in [1.82, 2.24) is 9.80 Å². The van der Waals surface area contributed by atoms with Crippen molar-refractivity contribution in [3.8, 4) is 0 Å². The van der Waals surface area contributed by atoms with Gasteiger partial charge in [0.25, 0.3) is 5.91 Å². The number of halogens is 1. The van der Waals surface area contributed by atoms with Crippen LogP contribution in [0, 0.1) is 0 Å². The zero-order chi connectivity index (χ0) is 11.5. The van der Waals surface area contributed by atoms with Crippen LogP contribution >= 0.6 is 22.9 Å². The number of thiophene rings is 1. The third-order valence-electron chi connectivity index (χ3n) is 2.88. The van der Waals surface area contributed by atoms with Crippen LogP contribution in [0.15, 0.2) is 11.4 Å². The maximum absolute atomic E-state index is 12.1. The molecule has 2 rings (SSSR count). The summed E-state index contributed by atoms with van der Waals surface area (Å²) in [6.07, 6.45) is 0. The second-order valence-corrected chi connectivity index (χ2v) is 5.20. The number of piperazine rings is 1. The molecule has 1 fully saturated rings. The van der Waals surface area contributed by atoms with Crippen molar-refractivity contribution >= 4 is 28.8 Å². The number of amides is 1. The molecule has 0 unspecified atom stereocenters. The Morgan fingerprint density at radius 2 is 2.12 bits per heavy atom. The van der Waals surface area contributed by atoms with E-state index in [4.69, 9.17) is 11.6 Å². The second-order valence-electron chi connectivity index (χ2n) is 3.86. The molecule has 0 aromatic carbocycles. The SMILES string of the molecule is CCN1CCN(C(=O)c2cc(Cl)cs2)CC1. The van der Waals surface area contributed by atoms with Gasteiger partial charge in [-0.2, -0.15) is 0 Å². The molecular weight excluding hydrogens is 244 g/mol. The van der Waals surface area contributed by atoms with Gasteiger partial charge in [0, 0.05) is 31.6 Å². The first-order valence-electron chi connectivity index (χ1n) is 5.46. The summed E-state index contributed by atoms with van der Waals surface area (Å²) >= 11 is 7.24. The highest BCUT2D eigenvalue weighted by molar-refractivity contribution is 7.12. The molecule has 0 N–H and O–H groups in total. The molecule has 1 aliphatic rings. The van der Waals surface area contributed by atoms with Gasteiger partial charge in [-0.1, -0.05) is 18.5 Å². The van der Waals surface area contributed by atoms with Gasteiger partial charge in [0.05, 0.1) is 9.90 Å². The fourth-order valence-electron chi connectivity index (χ4n) is 1.85. The molecule has 0 radical (unpaired) electrons. The van der Waals surface area contributed by atoms with Gasteiger partial charge in [-0.3, -0.25) is 4.79 Å². The Balaban J connectivity index is 1.96. The molecule has 16 heavy (non-hydrogen) atoms. The Kier molecular flexibility index (Phi) is 3.84. The second kappa shape index (κ2) is 5.17. The van der Waals surface area contributed by atoms with E-state index in [-0.39, 0.29) is 5.91 Å². The highest BCUT2D eigenvalue weighted by Gasteiger charge is 2.22. The van der Waals surface area contributed by atoms with Crippen molar-refractivity contribution in [2.24, 2.45) is 0 Å². The Morgan fingerprint density at radius 1 is 1.44 bits per heavy atom. The molecule has 0 aliphatic carbocycles. The largest absolute Gasteiger partial charge is 0.335 e. The third-order valence-corrected chi connectivity index (χ3v) is 4.15. The highest BCUT2D eigenvalue weighted by Crippen LogP contribution is 2.21. The van der Waals surface area contributed by atoms with E-state index in [0.717, 1.165) is 37.6 Å². The van der Waals surface area contributed by atoms with Gasteiger partial charge < -0.3 is 9.80 Å². The number of carbonyl (C=O) groups is 1. The molecule has 2 heterocycles. The van der Waals surface area contributed by atoms with Crippen LogP contribution in [0.4, 0.5) is 0 Å². The van der Waals surface area contributed by atoms with Crippen LogP contribution in [-0.4, -0.2) is 48.4 Å². The lowest BCUT2D eigenvalue weighted by Gasteiger charge is -2.33. The van der Waals surface area contributed by atoms with Gasteiger partial charge in [0.1, 0.15) is 0 Å². The minimum atomic E-state index is 0.118. The summed E-state index contributed by atoms with van der Waals surface area (Å²) in [5.41, 5.74) is 0. The molecule has 1 aliphatic heterocycles. The van der Waals surface area contributed by atoms with Crippen molar-refractivity contribution in [2.45, 2.75) is 6.92 Å². The van der Waals surface area contributed by atoms with Crippen molar-refractivity contribution in [1.29, 1.82) is 0 Å². The van der Waals surface area contributed by atoms with Crippen molar-refractivity contribution in [3.63, 3.8) is 0 Å². The van der Waals surface area contributed by atoms with Crippen LogP contribution in [0.5, 0.6) is 0 Å². The van der Waals surface area contributed by atoms with E-state index < -0.39 is 0 Å². The first kappa shape index (κ1) is 11.9. The molecule has 1 aromatic heterocycles.